The maximum atomic E-state index is 13.4. The van der Waals surface area contributed by atoms with Gasteiger partial charge in [-0.15, -0.1) is 10.2 Å². The van der Waals surface area contributed by atoms with E-state index in [9.17, 15) is 9.18 Å². The topological polar surface area (TPSA) is 72.7 Å². The molecule has 0 aliphatic carbocycles. The van der Waals surface area contributed by atoms with Crippen molar-refractivity contribution >= 4 is 11.6 Å². The van der Waals surface area contributed by atoms with E-state index in [-0.39, 0.29) is 12.2 Å². The van der Waals surface area contributed by atoms with E-state index >= 15 is 0 Å². The maximum Gasteiger partial charge on any atom is 0.248 e. The van der Waals surface area contributed by atoms with Crippen molar-refractivity contribution in [1.82, 2.24) is 20.2 Å². The predicted molar refractivity (Wildman–Crippen MR) is 78.3 cm³/mol. The van der Waals surface area contributed by atoms with Crippen LogP contribution in [0.1, 0.15) is 0 Å². The van der Waals surface area contributed by atoms with Crippen LogP contribution in [0.2, 0.25) is 0 Å². The first kappa shape index (κ1) is 13.9. The number of nitrogens with one attached hydrogen (secondary N) is 1. The average Bonchev–Trinajstić information content (AvgIpc) is 2.99. The monoisotopic (exact) mass is 297 g/mol. The van der Waals surface area contributed by atoms with E-state index in [1.807, 2.05) is 30.3 Å². The van der Waals surface area contributed by atoms with Gasteiger partial charge in [-0.05, 0) is 17.3 Å². The molecular weight excluding hydrogens is 285 g/mol. The molecule has 110 valence electrons. The Morgan fingerprint density at radius 3 is 2.59 bits per heavy atom. The van der Waals surface area contributed by atoms with E-state index in [4.69, 9.17) is 0 Å². The fraction of sp³-hybridized carbons (Fsp3) is 0.0667. The van der Waals surface area contributed by atoms with Crippen LogP contribution in [0.15, 0.2) is 54.6 Å². The molecule has 3 rings (SSSR count). The maximum absolute atomic E-state index is 13.4. The van der Waals surface area contributed by atoms with Crippen molar-refractivity contribution in [3.63, 3.8) is 0 Å². The largest absolute Gasteiger partial charge is 0.322 e. The van der Waals surface area contributed by atoms with Crippen LogP contribution in [0.5, 0.6) is 0 Å². The van der Waals surface area contributed by atoms with E-state index in [0.29, 0.717) is 5.82 Å². The molecule has 0 saturated carbocycles. The molecule has 2 aromatic carbocycles. The minimum absolute atomic E-state index is 0.121. The Labute approximate surface area is 125 Å². The summed E-state index contributed by atoms with van der Waals surface area (Å²) in [4.78, 5) is 13.0. The second kappa shape index (κ2) is 6.13. The van der Waals surface area contributed by atoms with Crippen molar-refractivity contribution in [3.05, 3.63) is 60.4 Å². The molecule has 1 amide bonds. The summed E-state index contributed by atoms with van der Waals surface area (Å²) >= 11 is 0. The number of carbonyl (C=O) groups is 1. The third-order valence-corrected chi connectivity index (χ3v) is 2.92. The van der Waals surface area contributed by atoms with Gasteiger partial charge in [0.15, 0.2) is 0 Å². The number of carbonyl (C=O) groups excluding carboxylic acids is 1. The normalized spacial score (nSPS) is 10.4. The highest BCUT2D eigenvalue weighted by Crippen LogP contribution is 2.13. The van der Waals surface area contributed by atoms with Crippen molar-refractivity contribution in [3.8, 4) is 11.4 Å². The van der Waals surface area contributed by atoms with Crippen LogP contribution in [-0.4, -0.2) is 26.1 Å². The lowest BCUT2D eigenvalue weighted by Crippen LogP contribution is -2.21. The third kappa shape index (κ3) is 3.14. The van der Waals surface area contributed by atoms with Gasteiger partial charge in [0.2, 0.25) is 11.7 Å². The quantitative estimate of drug-likeness (QED) is 0.800. The zero-order valence-electron chi connectivity index (χ0n) is 11.5. The van der Waals surface area contributed by atoms with Gasteiger partial charge in [-0.3, -0.25) is 4.79 Å². The molecule has 0 spiro atoms. The highest BCUT2D eigenvalue weighted by atomic mass is 19.1. The summed E-state index contributed by atoms with van der Waals surface area (Å²) < 4.78 is 13.4. The van der Waals surface area contributed by atoms with Crippen LogP contribution in [0.25, 0.3) is 11.4 Å². The highest BCUT2D eigenvalue weighted by Gasteiger charge is 2.10. The third-order valence-electron chi connectivity index (χ3n) is 2.92. The number of aromatic nitrogens is 4. The SMILES string of the molecule is O=C(Cn1nnc(-c2ccccc2)n1)Nc1ccccc1F. The molecule has 6 nitrogen and oxygen atoms in total. The number of rotatable bonds is 4. The van der Waals surface area contributed by atoms with Crippen molar-refractivity contribution in [2.45, 2.75) is 6.54 Å². The van der Waals surface area contributed by atoms with E-state index < -0.39 is 11.7 Å². The summed E-state index contributed by atoms with van der Waals surface area (Å²) in [5.41, 5.74) is 0.930. The molecule has 0 atom stereocenters. The minimum atomic E-state index is -0.493. The number of nitrogens with zero attached hydrogens (tertiary/aromatic N) is 4. The van der Waals surface area contributed by atoms with Crippen LogP contribution < -0.4 is 5.32 Å². The minimum Gasteiger partial charge on any atom is -0.322 e. The highest BCUT2D eigenvalue weighted by molar-refractivity contribution is 5.90. The Kier molecular flexibility index (Phi) is 3.86. The molecule has 1 N–H and O–H groups in total. The standard InChI is InChI=1S/C15H12FN5O/c16-12-8-4-5-9-13(12)17-14(22)10-21-19-15(18-20-21)11-6-2-1-3-7-11/h1-9H,10H2,(H,17,22). The van der Waals surface area contributed by atoms with Crippen LogP contribution >= 0.6 is 0 Å². The fourth-order valence-electron chi connectivity index (χ4n) is 1.89. The first-order chi connectivity index (χ1) is 10.7. The van der Waals surface area contributed by atoms with Gasteiger partial charge in [0, 0.05) is 5.56 Å². The van der Waals surface area contributed by atoms with Gasteiger partial charge < -0.3 is 5.32 Å². The van der Waals surface area contributed by atoms with Crippen LogP contribution in [-0.2, 0) is 11.3 Å². The van der Waals surface area contributed by atoms with Gasteiger partial charge in [-0.25, -0.2) is 4.39 Å². The van der Waals surface area contributed by atoms with Gasteiger partial charge in [0.1, 0.15) is 12.4 Å². The lowest BCUT2D eigenvalue weighted by atomic mass is 10.2. The van der Waals surface area contributed by atoms with E-state index in [1.54, 1.807) is 12.1 Å². The number of amides is 1. The van der Waals surface area contributed by atoms with Crippen molar-refractivity contribution in [2.75, 3.05) is 5.32 Å². The average molecular weight is 297 g/mol. The summed E-state index contributed by atoms with van der Waals surface area (Å²) in [7, 11) is 0. The summed E-state index contributed by atoms with van der Waals surface area (Å²) in [6.07, 6.45) is 0. The smallest absolute Gasteiger partial charge is 0.248 e. The number of hydrogen-bond acceptors (Lipinski definition) is 4. The molecule has 0 unspecified atom stereocenters. The Hall–Kier alpha value is -3.09. The van der Waals surface area contributed by atoms with Crippen LogP contribution in [0, 0.1) is 5.82 Å². The summed E-state index contributed by atoms with van der Waals surface area (Å²) in [6, 6.07) is 15.3. The second-order valence-electron chi connectivity index (χ2n) is 4.54. The molecule has 0 fully saturated rings. The van der Waals surface area contributed by atoms with E-state index in [0.717, 1.165) is 5.56 Å². The summed E-state index contributed by atoms with van der Waals surface area (Å²) in [5.74, 6) is -0.492. The number of hydrogen-bond donors (Lipinski definition) is 1. The Balaban J connectivity index is 1.68. The number of halogens is 1. The zero-order valence-corrected chi connectivity index (χ0v) is 11.5. The molecule has 22 heavy (non-hydrogen) atoms. The van der Waals surface area contributed by atoms with Gasteiger partial charge in [-0.1, -0.05) is 42.5 Å². The Bertz CT molecular complexity index is 787. The first-order valence-corrected chi connectivity index (χ1v) is 6.60. The van der Waals surface area contributed by atoms with Crippen molar-refractivity contribution < 1.29 is 9.18 Å². The number of para-hydroxylation sites is 1. The Morgan fingerprint density at radius 2 is 1.82 bits per heavy atom. The molecule has 0 aliphatic heterocycles. The first-order valence-electron chi connectivity index (χ1n) is 6.60. The lowest BCUT2D eigenvalue weighted by Gasteiger charge is -2.04. The van der Waals surface area contributed by atoms with Gasteiger partial charge in [0.25, 0.3) is 0 Å². The summed E-state index contributed by atoms with van der Waals surface area (Å²) in [6.45, 7) is -0.145. The van der Waals surface area contributed by atoms with Crippen molar-refractivity contribution in [1.29, 1.82) is 0 Å². The second-order valence-corrected chi connectivity index (χ2v) is 4.54. The fourth-order valence-corrected chi connectivity index (χ4v) is 1.89. The molecular formula is C15H12FN5O. The lowest BCUT2D eigenvalue weighted by molar-refractivity contribution is -0.117. The number of anilines is 1. The predicted octanol–water partition coefficient (Wildman–Crippen LogP) is 2.12. The molecule has 0 saturated heterocycles. The zero-order chi connectivity index (χ0) is 15.4. The molecule has 0 aliphatic rings. The van der Waals surface area contributed by atoms with Crippen LogP contribution in [0.3, 0.4) is 0 Å². The molecule has 7 heteroatoms. The van der Waals surface area contributed by atoms with Gasteiger partial charge >= 0.3 is 0 Å². The number of tetrazole rings is 1. The van der Waals surface area contributed by atoms with Crippen molar-refractivity contribution in [2.24, 2.45) is 0 Å². The molecule has 3 aromatic rings. The van der Waals surface area contributed by atoms with Crippen LogP contribution in [0.4, 0.5) is 10.1 Å². The number of benzene rings is 2. The summed E-state index contributed by atoms with van der Waals surface area (Å²) in [5, 5.41) is 14.3. The molecule has 1 heterocycles. The molecule has 0 bridgehead atoms. The molecule has 1 aromatic heterocycles. The van der Waals surface area contributed by atoms with Gasteiger partial charge in [0.05, 0.1) is 5.69 Å². The Morgan fingerprint density at radius 1 is 1.09 bits per heavy atom. The molecule has 0 radical (unpaired) electrons. The van der Waals surface area contributed by atoms with Gasteiger partial charge in [-0.2, -0.15) is 4.80 Å². The van der Waals surface area contributed by atoms with E-state index in [2.05, 4.69) is 20.7 Å². The van der Waals surface area contributed by atoms with E-state index in [1.165, 1.54) is 16.9 Å².